The van der Waals surface area contributed by atoms with Crippen molar-refractivity contribution in [1.82, 2.24) is 9.80 Å². The van der Waals surface area contributed by atoms with Gasteiger partial charge in [-0.3, -0.25) is 4.79 Å². The molecule has 2 aliphatic heterocycles. The number of amides is 1. The zero-order valence-electron chi connectivity index (χ0n) is 8.53. The van der Waals surface area contributed by atoms with Crippen LogP contribution in [0.25, 0.3) is 0 Å². The molecule has 2 saturated heterocycles. The lowest BCUT2D eigenvalue weighted by Gasteiger charge is -2.44. The maximum atomic E-state index is 11.5. The normalized spacial score (nSPS) is 27.5. The van der Waals surface area contributed by atoms with Crippen molar-refractivity contribution in [2.75, 3.05) is 32.8 Å². The summed E-state index contributed by atoms with van der Waals surface area (Å²) < 4.78 is 5.23. The van der Waals surface area contributed by atoms with Gasteiger partial charge in [-0.15, -0.1) is 0 Å². The Morgan fingerprint density at radius 2 is 2.36 bits per heavy atom. The number of hydrogen-bond donors (Lipinski definition) is 0. The Bertz CT molecular complexity index is 265. The van der Waals surface area contributed by atoms with E-state index in [4.69, 9.17) is 4.74 Å². The standard InChI is InChI=1S/C10H16N2O2/c1-8(2)11-3-4-12-9(5-11)6-14-7-10(12)13/h9H,1,3-7H2,2H3. The fourth-order valence-corrected chi connectivity index (χ4v) is 2.04. The molecule has 2 rings (SSSR count). The van der Waals surface area contributed by atoms with Crippen molar-refractivity contribution >= 4 is 5.91 Å². The number of allylic oxidation sites excluding steroid dienone is 1. The smallest absolute Gasteiger partial charge is 0.249 e. The van der Waals surface area contributed by atoms with Gasteiger partial charge in [0, 0.05) is 25.3 Å². The van der Waals surface area contributed by atoms with Gasteiger partial charge in [0.05, 0.1) is 12.6 Å². The third kappa shape index (κ3) is 1.62. The van der Waals surface area contributed by atoms with Crippen LogP contribution in [-0.2, 0) is 9.53 Å². The van der Waals surface area contributed by atoms with E-state index in [2.05, 4.69) is 11.5 Å². The summed E-state index contributed by atoms with van der Waals surface area (Å²) in [5.74, 6) is 0.127. The van der Waals surface area contributed by atoms with E-state index in [0.29, 0.717) is 6.61 Å². The van der Waals surface area contributed by atoms with E-state index in [1.165, 1.54) is 0 Å². The van der Waals surface area contributed by atoms with E-state index in [9.17, 15) is 4.79 Å². The number of rotatable bonds is 1. The van der Waals surface area contributed by atoms with Crippen LogP contribution in [0.2, 0.25) is 0 Å². The average Bonchev–Trinajstić information content (AvgIpc) is 2.17. The van der Waals surface area contributed by atoms with E-state index in [0.717, 1.165) is 25.3 Å². The molecular weight excluding hydrogens is 180 g/mol. The van der Waals surface area contributed by atoms with Crippen molar-refractivity contribution in [2.45, 2.75) is 13.0 Å². The van der Waals surface area contributed by atoms with Crippen LogP contribution in [0.5, 0.6) is 0 Å². The van der Waals surface area contributed by atoms with Crippen LogP contribution >= 0.6 is 0 Å². The van der Waals surface area contributed by atoms with Crippen molar-refractivity contribution in [3.63, 3.8) is 0 Å². The highest BCUT2D eigenvalue weighted by atomic mass is 16.5. The number of carbonyl (C=O) groups is 1. The molecule has 4 heteroatoms. The Morgan fingerprint density at radius 3 is 3.07 bits per heavy atom. The van der Waals surface area contributed by atoms with Crippen LogP contribution in [0, 0.1) is 0 Å². The van der Waals surface area contributed by atoms with Gasteiger partial charge in [0.2, 0.25) is 5.91 Å². The summed E-state index contributed by atoms with van der Waals surface area (Å²) in [5, 5.41) is 0. The molecule has 2 heterocycles. The number of morpholine rings is 1. The van der Waals surface area contributed by atoms with Gasteiger partial charge in [-0.25, -0.2) is 0 Å². The van der Waals surface area contributed by atoms with Crippen molar-refractivity contribution in [2.24, 2.45) is 0 Å². The van der Waals surface area contributed by atoms with Crippen LogP contribution in [0.3, 0.4) is 0 Å². The molecular formula is C10H16N2O2. The van der Waals surface area contributed by atoms with Crippen molar-refractivity contribution in [3.05, 3.63) is 12.3 Å². The van der Waals surface area contributed by atoms with Gasteiger partial charge in [0.15, 0.2) is 0 Å². The van der Waals surface area contributed by atoms with E-state index in [1.807, 2.05) is 11.8 Å². The van der Waals surface area contributed by atoms with Crippen LogP contribution < -0.4 is 0 Å². The number of hydrogen-bond acceptors (Lipinski definition) is 3. The van der Waals surface area contributed by atoms with E-state index in [1.54, 1.807) is 0 Å². The number of carbonyl (C=O) groups excluding carboxylic acids is 1. The maximum Gasteiger partial charge on any atom is 0.249 e. The molecule has 0 aromatic heterocycles. The Morgan fingerprint density at radius 1 is 1.57 bits per heavy atom. The zero-order chi connectivity index (χ0) is 10.1. The summed E-state index contributed by atoms with van der Waals surface area (Å²) in [6.07, 6.45) is 0. The van der Waals surface area contributed by atoms with Gasteiger partial charge in [0.1, 0.15) is 6.61 Å². The van der Waals surface area contributed by atoms with Crippen LogP contribution in [0.15, 0.2) is 12.3 Å². The molecule has 0 saturated carbocycles. The Labute approximate surface area is 84.1 Å². The van der Waals surface area contributed by atoms with Crippen molar-refractivity contribution < 1.29 is 9.53 Å². The number of nitrogens with zero attached hydrogens (tertiary/aromatic N) is 2. The molecule has 0 spiro atoms. The molecule has 4 nitrogen and oxygen atoms in total. The van der Waals surface area contributed by atoms with E-state index in [-0.39, 0.29) is 18.6 Å². The molecule has 0 aliphatic carbocycles. The van der Waals surface area contributed by atoms with Crippen LogP contribution in [-0.4, -0.2) is 54.6 Å². The third-order valence-corrected chi connectivity index (χ3v) is 2.88. The molecule has 1 atom stereocenters. The minimum absolute atomic E-state index is 0.127. The first-order valence-electron chi connectivity index (χ1n) is 4.96. The first-order chi connectivity index (χ1) is 6.68. The fourth-order valence-electron chi connectivity index (χ4n) is 2.04. The zero-order valence-corrected chi connectivity index (χ0v) is 8.53. The van der Waals surface area contributed by atoms with Gasteiger partial charge in [0.25, 0.3) is 0 Å². The second-order valence-electron chi connectivity index (χ2n) is 3.94. The molecule has 14 heavy (non-hydrogen) atoms. The first-order valence-corrected chi connectivity index (χ1v) is 4.96. The quantitative estimate of drug-likeness (QED) is 0.594. The van der Waals surface area contributed by atoms with Crippen LogP contribution in [0.4, 0.5) is 0 Å². The molecule has 1 unspecified atom stereocenters. The summed E-state index contributed by atoms with van der Waals surface area (Å²) in [6.45, 7) is 9.40. The molecule has 0 N–H and O–H groups in total. The van der Waals surface area contributed by atoms with Crippen molar-refractivity contribution in [3.8, 4) is 0 Å². The lowest BCUT2D eigenvalue weighted by molar-refractivity contribution is -0.151. The molecule has 0 aromatic carbocycles. The Hall–Kier alpha value is -1.03. The SMILES string of the molecule is C=C(C)N1CCN2C(=O)COCC2C1. The molecule has 2 fully saturated rings. The van der Waals surface area contributed by atoms with E-state index >= 15 is 0 Å². The summed E-state index contributed by atoms with van der Waals surface area (Å²) in [5.41, 5.74) is 1.07. The molecule has 0 radical (unpaired) electrons. The average molecular weight is 196 g/mol. The van der Waals surface area contributed by atoms with E-state index < -0.39 is 0 Å². The monoisotopic (exact) mass is 196 g/mol. The Kier molecular flexibility index (Phi) is 2.46. The molecule has 1 amide bonds. The van der Waals surface area contributed by atoms with Crippen molar-refractivity contribution in [1.29, 1.82) is 0 Å². The summed E-state index contributed by atoms with van der Waals surface area (Å²) in [6, 6.07) is 0.224. The lowest BCUT2D eigenvalue weighted by atomic mass is 10.1. The molecule has 2 aliphatic rings. The molecule has 0 bridgehead atoms. The lowest BCUT2D eigenvalue weighted by Crippen LogP contribution is -2.59. The fraction of sp³-hybridized carbons (Fsp3) is 0.700. The van der Waals surface area contributed by atoms with Crippen LogP contribution in [0.1, 0.15) is 6.92 Å². The molecule has 78 valence electrons. The summed E-state index contributed by atoms with van der Waals surface area (Å²) in [4.78, 5) is 15.6. The second-order valence-corrected chi connectivity index (χ2v) is 3.94. The summed E-state index contributed by atoms with van der Waals surface area (Å²) >= 11 is 0. The van der Waals surface area contributed by atoms with Gasteiger partial charge in [-0.05, 0) is 6.92 Å². The third-order valence-electron chi connectivity index (χ3n) is 2.88. The largest absolute Gasteiger partial charge is 0.372 e. The maximum absolute atomic E-state index is 11.5. The van der Waals surface area contributed by atoms with Gasteiger partial charge in [-0.1, -0.05) is 6.58 Å². The minimum atomic E-state index is 0.127. The minimum Gasteiger partial charge on any atom is -0.372 e. The topological polar surface area (TPSA) is 32.8 Å². The Balaban J connectivity index is 2.03. The highest BCUT2D eigenvalue weighted by Crippen LogP contribution is 2.16. The highest BCUT2D eigenvalue weighted by Gasteiger charge is 2.33. The highest BCUT2D eigenvalue weighted by molar-refractivity contribution is 5.78. The first kappa shape index (κ1) is 9.52. The van der Waals surface area contributed by atoms with Gasteiger partial charge in [-0.2, -0.15) is 0 Å². The number of fused-ring (bicyclic) bond motifs is 1. The second kappa shape index (κ2) is 3.61. The number of piperazine rings is 1. The van der Waals surface area contributed by atoms with Gasteiger partial charge >= 0.3 is 0 Å². The predicted molar refractivity (Wildman–Crippen MR) is 52.7 cm³/mol. The van der Waals surface area contributed by atoms with Gasteiger partial charge < -0.3 is 14.5 Å². The summed E-state index contributed by atoms with van der Waals surface area (Å²) in [7, 11) is 0. The number of ether oxygens (including phenoxy) is 1. The predicted octanol–water partition coefficient (Wildman–Crippen LogP) is 0.0630. The molecule has 0 aromatic rings.